The van der Waals surface area contributed by atoms with Gasteiger partial charge in [-0.15, -0.1) is 0 Å². The van der Waals surface area contributed by atoms with Crippen LogP contribution in [0.25, 0.3) is 0 Å². The second kappa shape index (κ2) is 11.3. The molecule has 6 heteroatoms. The van der Waals surface area contributed by atoms with E-state index < -0.39 is 0 Å². The zero-order valence-electron chi connectivity index (χ0n) is 13.8. The van der Waals surface area contributed by atoms with Crippen molar-refractivity contribution < 1.29 is 23.8 Å². The second-order valence-corrected chi connectivity index (χ2v) is 4.91. The van der Waals surface area contributed by atoms with Crippen molar-refractivity contribution in [2.24, 2.45) is 0 Å². The Morgan fingerprint density at radius 2 is 1.83 bits per heavy atom. The number of benzene rings is 1. The van der Waals surface area contributed by atoms with E-state index in [0.717, 1.165) is 19.3 Å². The van der Waals surface area contributed by atoms with Crippen LogP contribution in [0.4, 0.5) is 0 Å². The minimum atomic E-state index is -0.179. The van der Waals surface area contributed by atoms with Gasteiger partial charge in [-0.05, 0) is 31.9 Å². The Labute approximate surface area is 137 Å². The number of ether oxygens (including phenoxy) is 3. The number of nitrogens with one attached hydrogen (secondary N) is 1. The van der Waals surface area contributed by atoms with Gasteiger partial charge in [0.15, 0.2) is 18.1 Å². The number of unbranched alkanes of at least 4 members (excludes halogenated alkanes) is 2. The molecular weight excluding hydrogens is 298 g/mol. The van der Waals surface area contributed by atoms with Crippen molar-refractivity contribution in [2.45, 2.75) is 32.6 Å². The van der Waals surface area contributed by atoms with Gasteiger partial charge in [0, 0.05) is 13.0 Å². The summed E-state index contributed by atoms with van der Waals surface area (Å²) in [6.45, 7) is 2.72. The summed E-state index contributed by atoms with van der Waals surface area (Å²) in [6, 6.07) is 7.18. The predicted molar refractivity (Wildman–Crippen MR) is 86.6 cm³/mol. The molecule has 0 saturated heterocycles. The van der Waals surface area contributed by atoms with E-state index >= 15 is 0 Å². The molecule has 1 aromatic rings. The van der Waals surface area contributed by atoms with Crippen LogP contribution in [0.3, 0.4) is 0 Å². The quantitative estimate of drug-likeness (QED) is 0.500. The first-order chi connectivity index (χ1) is 11.2. The van der Waals surface area contributed by atoms with Crippen molar-refractivity contribution in [2.75, 3.05) is 26.9 Å². The molecule has 0 aliphatic carbocycles. The number of para-hydroxylation sites is 2. The highest BCUT2D eigenvalue weighted by Gasteiger charge is 2.06. The number of carbonyl (C=O) groups excluding carboxylic acids is 2. The lowest BCUT2D eigenvalue weighted by Gasteiger charge is -2.10. The number of carbonyl (C=O) groups is 2. The molecule has 0 unspecified atom stereocenters. The second-order valence-electron chi connectivity index (χ2n) is 4.91. The first-order valence-electron chi connectivity index (χ1n) is 7.85. The zero-order valence-corrected chi connectivity index (χ0v) is 13.8. The van der Waals surface area contributed by atoms with Gasteiger partial charge in [0.05, 0.1) is 13.7 Å². The van der Waals surface area contributed by atoms with E-state index in [4.69, 9.17) is 14.2 Å². The van der Waals surface area contributed by atoms with E-state index in [-0.39, 0.29) is 18.5 Å². The molecule has 0 bridgehead atoms. The van der Waals surface area contributed by atoms with E-state index in [9.17, 15) is 9.59 Å². The first kappa shape index (κ1) is 18.8. The highest BCUT2D eigenvalue weighted by atomic mass is 16.5. The maximum Gasteiger partial charge on any atom is 0.305 e. The highest BCUT2D eigenvalue weighted by Crippen LogP contribution is 2.25. The smallest absolute Gasteiger partial charge is 0.305 e. The Morgan fingerprint density at radius 1 is 1.09 bits per heavy atom. The molecule has 0 fully saturated rings. The van der Waals surface area contributed by atoms with Gasteiger partial charge in [-0.25, -0.2) is 0 Å². The van der Waals surface area contributed by atoms with Crippen molar-refractivity contribution in [3.05, 3.63) is 24.3 Å². The average molecular weight is 323 g/mol. The van der Waals surface area contributed by atoms with E-state index in [1.54, 1.807) is 26.2 Å². The van der Waals surface area contributed by atoms with Crippen molar-refractivity contribution in [3.8, 4) is 11.5 Å². The van der Waals surface area contributed by atoms with Crippen LogP contribution in [0.2, 0.25) is 0 Å². The number of esters is 1. The van der Waals surface area contributed by atoms with Crippen molar-refractivity contribution in [1.29, 1.82) is 0 Å². The lowest BCUT2D eigenvalue weighted by Crippen LogP contribution is -2.29. The summed E-state index contributed by atoms with van der Waals surface area (Å²) in [5.74, 6) is 0.793. The van der Waals surface area contributed by atoms with Crippen molar-refractivity contribution >= 4 is 11.9 Å². The van der Waals surface area contributed by atoms with Crippen LogP contribution >= 0.6 is 0 Å². The number of hydrogen-bond acceptors (Lipinski definition) is 5. The largest absolute Gasteiger partial charge is 0.493 e. The topological polar surface area (TPSA) is 73.9 Å². The normalized spacial score (nSPS) is 10.0. The van der Waals surface area contributed by atoms with E-state index in [1.807, 2.05) is 12.1 Å². The Bertz CT molecular complexity index is 490. The minimum absolute atomic E-state index is 0.0524. The first-order valence-corrected chi connectivity index (χ1v) is 7.85. The molecule has 1 aromatic carbocycles. The van der Waals surface area contributed by atoms with E-state index in [1.165, 1.54) is 0 Å². The molecule has 1 rings (SSSR count). The summed E-state index contributed by atoms with van der Waals surface area (Å²) < 4.78 is 15.4. The van der Waals surface area contributed by atoms with Gasteiger partial charge >= 0.3 is 5.97 Å². The fraction of sp³-hybridized carbons (Fsp3) is 0.529. The zero-order chi connectivity index (χ0) is 16.9. The van der Waals surface area contributed by atoms with Crippen molar-refractivity contribution in [1.82, 2.24) is 5.32 Å². The monoisotopic (exact) mass is 323 g/mol. The third-order valence-electron chi connectivity index (χ3n) is 3.11. The lowest BCUT2D eigenvalue weighted by molar-refractivity contribution is -0.143. The summed E-state index contributed by atoms with van der Waals surface area (Å²) >= 11 is 0. The summed E-state index contributed by atoms with van der Waals surface area (Å²) in [5, 5.41) is 2.78. The fourth-order valence-electron chi connectivity index (χ4n) is 1.96. The molecule has 0 atom stereocenters. The van der Waals surface area contributed by atoms with Crippen LogP contribution in [0, 0.1) is 0 Å². The van der Waals surface area contributed by atoms with Crippen LogP contribution in [0.5, 0.6) is 11.5 Å². The molecular formula is C17H25NO5. The summed E-state index contributed by atoms with van der Waals surface area (Å²) in [7, 11) is 1.55. The molecule has 0 saturated carbocycles. The molecule has 0 spiro atoms. The molecule has 1 N–H and O–H groups in total. The van der Waals surface area contributed by atoms with Gasteiger partial charge in [-0.3, -0.25) is 9.59 Å². The van der Waals surface area contributed by atoms with Crippen LogP contribution < -0.4 is 14.8 Å². The summed E-state index contributed by atoms with van der Waals surface area (Å²) in [6.07, 6.45) is 2.89. The average Bonchev–Trinajstić information content (AvgIpc) is 2.56. The molecule has 6 nitrogen and oxygen atoms in total. The van der Waals surface area contributed by atoms with Gasteiger partial charge in [-0.1, -0.05) is 18.6 Å². The molecule has 23 heavy (non-hydrogen) atoms. The molecule has 1 amide bonds. The Balaban J connectivity index is 2.10. The number of rotatable bonds is 11. The van der Waals surface area contributed by atoms with Gasteiger partial charge in [0.2, 0.25) is 0 Å². The minimum Gasteiger partial charge on any atom is -0.493 e. The van der Waals surface area contributed by atoms with E-state index in [2.05, 4.69) is 5.32 Å². The third-order valence-corrected chi connectivity index (χ3v) is 3.11. The molecule has 0 aromatic heterocycles. The summed E-state index contributed by atoms with van der Waals surface area (Å²) in [5.41, 5.74) is 0. The molecule has 0 radical (unpaired) electrons. The van der Waals surface area contributed by atoms with Crippen LogP contribution in [-0.4, -0.2) is 38.7 Å². The standard InChI is InChI=1S/C17H25NO5/c1-3-22-17(20)11-5-4-8-12-18-16(19)13-23-15-10-7-6-9-14(15)21-2/h6-7,9-10H,3-5,8,11-13H2,1-2H3,(H,18,19). The Hall–Kier alpha value is -2.24. The maximum atomic E-state index is 11.7. The van der Waals surface area contributed by atoms with Gasteiger partial charge in [0.1, 0.15) is 0 Å². The third kappa shape index (κ3) is 8.09. The van der Waals surface area contributed by atoms with Gasteiger partial charge < -0.3 is 19.5 Å². The Morgan fingerprint density at radius 3 is 2.52 bits per heavy atom. The van der Waals surface area contributed by atoms with Crippen LogP contribution in [0.15, 0.2) is 24.3 Å². The highest BCUT2D eigenvalue weighted by molar-refractivity contribution is 5.77. The maximum absolute atomic E-state index is 11.7. The molecule has 0 heterocycles. The molecule has 0 aliphatic heterocycles. The number of hydrogen-bond donors (Lipinski definition) is 1. The van der Waals surface area contributed by atoms with Crippen LogP contribution in [0.1, 0.15) is 32.6 Å². The molecule has 0 aliphatic rings. The van der Waals surface area contributed by atoms with Gasteiger partial charge in [0.25, 0.3) is 5.91 Å². The molecule has 128 valence electrons. The van der Waals surface area contributed by atoms with Crippen molar-refractivity contribution in [3.63, 3.8) is 0 Å². The number of amides is 1. The SMILES string of the molecule is CCOC(=O)CCCCCNC(=O)COc1ccccc1OC. The predicted octanol–water partition coefficient (Wildman–Crippen LogP) is 2.31. The summed E-state index contributed by atoms with van der Waals surface area (Å²) in [4.78, 5) is 22.8. The Kier molecular flexibility index (Phi) is 9.28. The van der Waals surface area contributed by atoms with Gasteiger partial charge in [-0.2, -0.15) is 0 Å². The van der Waals surface area contributed by atoms with Crippen LogP contribution in [-0.2, 0) is 14.3 Å². The lowest BCUT2D eigenvalue weighted by atomic mass is 10.2. The fourth-order valence-corrected chi connectivity index (χ4v) is 1.96. The van der Waals surface area contributed by atoms with E-state index in [0.29, 0.717) is 31.1 Å². The number of methoxy groups -OCH3 is 1.